The van der Waals surface area contributed by atoms with E-state index < -0.39 is 7.37 Å². The van der Waals surface area contributed by atoms with Crippen LogP contribution in [0.15, 0.2) is 48.5 Å². The molecule has 0 radical (unpaired) electrons. The van der Waals surface area contributed by atoms with Gasteiger partial charge in [0.05, 0.1) is 5.30 Å². The molecular formula is C17H19O2P. The summed E-state index contributed by atoms with van der Waals surface area (Å²) in [5.74, 6) is 1.14. The Hall–Kier alpha value is -1.53. The van der Waals surface area contributed by atoms with E-state index in [4.69, 9.17) is 4.52 Å². The Morgan fingerprint density at radius 2 is 1.70 bits per heavy atom. The Morgan fingerprint density at radius 3 is 2.45 bits per heavy atom. The molecule has 20 heavy (non-hydrogen) atoms. The quantitative estimate of drug-likeness (QED) is 0.765. The standard InChI is InChI=1S/C17H19O2P/c1-3-13(2)12-20(18)17-11-7-5-9-15(17)14-8-4-6-10-16(14)19-20/h4-11,13H,3,12H2,1-2H3. The first-order valence-electron chi connectivity index (χ1n) is 7.11. The van der Waals surface area contributed by atoms with E-state index in [9.17, 15) is 4.57 Å². The van der Waals surface area contributed by atoms with E-state index in [1.54, 1.807) is 0 Å². The second kappa shape index (κ2) is 5.10. The van der Waals surface area contributed by atoms with Gasteiger partial charge in [-0.25, -0.2) is 0 Å². The molecule has 2 nitrogen and oxygen atoms in total. The molecule has 0 spiro atoms. The molecule has 3 heteroatoms. The highest BCUT2D eigenvalue weighted by Crippen LogP contribution is 2.55. The minimum atomic E-state index is -2.81. The fourth-order valence-corrected chi connectivity index (χ4v) is 5.45. The van der Waals surface area contributed by atoms with Crippen molar-refractivity contribution in [2.45, 2.75) is 20.3 Å². The van der Waals surface area contributed by atoms with Crippen molar-refractivity contribution in [2.24, 2.45) is 5.92 Å². The van der Waals surface area contributed by atoms with Crippen LogP contribution in [0.5, 0.6) is 5.75 Å². The molecule has 0 aromatic heterocycles. The van der Waals surface area contributed by atoms with Crippen molar-refractivity contribution in [3.8, 4) is 16.9 Å². The summed E-state index contributed by atoms with van der Waals surface area (Å²) >= 11 is 0. The molecule has 104 valence electrons. The zero-order valence-corrected chi connectivity index (χ0v) is 12.8. The number of para-hydroxylation sites is 1. The van der Waals surface area contributed by atoms with Gasteiger partial charge in [0.1, 0.15) is 5.75 Å². The average molecular weight is 286 g/mol. The normalized spacial score (nSPS) is 21.5. The monoisotopic (exact) mass is 286 g/mol. The molecule has 2 unspecified atom stereocenters. The summed E-state index contributed by atoms with van der Waals surface area (Å²) < 4.78 is 19.3. The highest BCUT2D eigenvalue weighted by molar-refractivity contribution is 7.67. The van der Waals surface area contributed by atoms with Crippen molar-refractivity contribution >= 4 is 12.7 Å². The largest absolute Gasteiger partial charge is 0.439 e. The van der Waals surface area contributed by atoms with Crippen molar-refractivity contribution in [1.82, 2.24) is 0 Å². The van der Waals surface area contributed by atoms with Crippen LogP contribution in [0, 0.1) is 5.92 Å². The minimum Gasteiger partial charge on any atom is -0.439 e. The van der Waals surface area contributed by atoms with Gasteiger partial charge in [-0.3, -0.25) is 4.57 Å². The fourth-order valence-electron chi connectivity index (χ4n) is 2.65. The number of hydrogen-bond donors (Lipinski definition) is 0. The van der Waals surface area contributed by atoms with Crippen LogP contribution in [-0.4, -0.2) is 6.16 Å². The van der Waals surface area contributed by atoms with Gasteiger partial charge < -0.3 is 4.52 Å². The molecule has 1 heterocycles. The number of hydrogen-bond acceptors (Lipinski definition) is 2. The zero-order chi connectivity index (χ0) is 14.2. The predicted molar refractivity (Wildman–Crippen MR) is 84.1 cm³/mol. The summed E-state index contributed by atoms with van der Waals surface area (Å²) in [5, 5.41) is 0.874. The van der Waals surface area contributed by atoms with E-state index >= 15 is 0 Å². The first-order chi connectivity index (χ1) is 9.64. The highest BCUT2D eigenvalue weighted by Gasteiger charge is 2.36. The molecule has 0 amide bonds. The Balaban J connectivity index is 2.15. The van der Waals surface area contributed by atoms with E-state index in [1.165, 1.54) is 0 Å². The lowest BCUT2D eigenvalue weighted by Crippen LogP contribution is -2.21. The van der Waals surface area contributed by atoms with Crippen LogP contribution < -0.4 is 9.83 Å². The third-order valence-electron chi connectivity index (χ3n) is 3.94. The van der Waals surface area contributed by atoms with Crippen molar-refractivity contribution in [3.63, 3.8) is 0 Å². The number of fused-ring (bicyclic) bond motifs is 3. The van der Waals surface area contributed by atoms with Gasteiger partial charge in [-0.15, -0.1) is 0 Å². The van der Waals surface area contributed by atoms with Crippen LogP contribution in [0.4, 0.5) is 0 Å². The molecule has 3 rings (SSSR count). The van der Waals surface area contributed by atoms with Crippen LogP contribution in [0.25, 0.3) is 11.1 Å². The Bertz CT molecular complexity index is 678. The summed E-state index contributed by atoms with van der Waals surface area (Å²) in [5.41, 5.74) is 2.10. The maximum absolute atomic E-state index is 13.4. The zero-order valence-electron chi connectivity index (χ0n) is 11.9. The van der Waals surface area contributed by atoms with Crippen molar-refractivity contribution in [1.29, 1.82) is 0 Å². The van der Waals surface area contributed by atoms with E-state index in [0.29, 0.717) is 12.1 Å². The topological polar surface area (TPSA) is 26.3 Å². The maximum atomic E-state index is 13.4. The lowest BCUT2D eigenvalue weighted by atomic mass is 10.0. The Labute approximate surface area is 120 Å². The van der Waals surface area contributed by atoms with Crippen LogP contribution in [0.2, 0.25) is 0 Å². The minimum absolute atomic E-state index is 0.388. The van der Waals surface area contributed by atoms with Gasteiger partial charge in [-0.1, -0.05) is 56.7 Å². The van der Waals surface area contributed by atoms with Crippen LogP contribution >= 0.6 is 7.37 Å². The van der Waals surface area contributed by atoms with Crippen molar-refractivity contribution in [3.05, 3.63) is 48.5 Å². The predicted octanol–water partition coefficient (Wildman–Crippen LogP) is 4.70. The molecule has 2 atom stereocenters. The SMILES string of the molecule is CCC(C)CP1(=O)Oc2ccccc2-c2ccccc21. The van der Waals surface area contributed by atoms with Crippen molar-refractivity contribution in [2.75, 3.05) is 6.16 Å². The summed E-state index contributed by atoms with van der Waals surface area (Å²) in [6.45, 7) is 4.26. The summed E-state index contributed by atoms with van der Waals surface area (Å²) in [7, 11) is -2.81. The molecule has 0 aliphatic carbocycles. The summed E-state index contributed by atoms with van der Waals surface area (Å²) in [6.07, 6.45) is 1.62. The molecule has 0 saturated heterocycles. The second-order valence-electron chi connectivity index (χ2n) is 5.47. The van der Waals surface area contributed by atoms with Gasteiger partial charge in [-0.2, -0.15) is 0 Å². The number of rotatable bonds is 3. The first-order valence-corrected chi connectivity index (χ1v) is 8.92. The Kier molecular flexibility index (Phi) is 3.43. The van der Waals surface area contributed by atoms with E-state index in [2.05, 4.69) is 13.8 Å². The van der Waals surface area contributed by atoms with Crippen LogP contribution in [0.3, 0.4) is 0 Å². The van der Waals surface area contributed by atoms with Crippen molar-refractivity contribution < 1.29 is 9.09 Å². The van der Waals surface area contributed by atoms with E-state index in [1.807, 2.05) is 48.5 Å². The molecule has 0 N–H and O–H groups in total. The molecule has 0 bridgehead atoms. The van der Waals surface area contributed by atoms with E-state index in [-0.39, 0.29) is 0 Å². The molecule has 1 aliphatic heterocycles. The fraction of sp³-hybridized carbons (Fsp3) is 0.294. The molecule has 0 fully saturated rings. The second-order valence-corrected chi connectivity index (χ2v) is 7.85. The first kappa shape index (κ1) is 13.5. The summed E-state index contributed by atoms with van der Waals surface area (Å²) in [6, 6.07) is 15.8. The highest BCUT2D eigenvalue weighted by atomic mass is 31.2. The van der Waals surface area contributed by atoms with Gasteiger partial charge in [0, 0.05) is 11.7 Å². The van der Waals surface area contributed by atoms with Crippen LogP contribution in [-0.2, 0) is 4.57 Å². The van der Waals surface area contributed by atoms with Gasteiger partial charge in [0.2, 0.25) is 0 Å². The molecule has 2 aromatic rings. The maximum Gasteiger partial charge on any atom is 0.278 e. The lowest BCUT2D eigenvalue weighted by Gasteiger charge is -2.30. The molecular weight excluding hydrogens is 267 g/mol. The third-order valence-corrected chi connectivity index (χ3v) is 6.66. The smallest absolute Gasteiger partial charge is 0.278 e. The van der Waals surface area contributed by atoms with Gasteiger partial charge >= 0.3 is 0 Å². The van der Waals surface area contributed by atoms with Crippen LogP contribution in [0.1, 0.15) is 20.3 Å². The van der Waals surface area contributed by atoms with E-state index in [0.717, 1.165) is 28.6 Å². The Morgan fingerprint density at radius 1 is 1.05 bits per heavy atom. The summed E-state index contributed by atoms with van der Waals surface area (Å²) in [4.78, 5) is 0. The molecule has 1 aliphatic rings. The molecule has 0 saturated carbocycles. The number of benzene rings is 2. The average Bonchev–Trinajstić information content (AvgIpc) is 2.47. The van der Waals surface area contributed by atoms with Gasteiger partial charge in [0.25, 0.3) is 7.37 Å². The molecule has 2 aromatic carbocycles. The van der Waals surface area contributed by atoms with Gasteiger partial charge in [0.15, 0.2) is 0 Å². The lowest BCUT2D eigenvalue weighted by molar-refractivity contribution is 0.476. The van der Waals surface area contributed by atoms with Gasteiger partial charge in [-0.05, 0) is 23.6 Å². The third kappa shape index (κ3) is 2.19.